The summed E-state index contributed by atoms with van der Waals surface area (Å²) in [5, 5.41) is 9.24. The van der Waals surface area contributed by atoms with E-state index in [0.29, 0.717) is 24.9 Å². The van der Waals surface area contributed by atoms with Crippen LogP contribution in [0.2, 0.25) is 0 Å². The highest BCUT2D eigenvalue weighted by Crippen LogP contribution is 2.33. The molecule has 8 nitrogen and oxygen atoms in total. The fraction of sp³-hybridized carbons (Fsp3) is 0.556. The number of nitrogens with one attached hydrogen (secondary N) is 4. The number of fused-ring (bicyclic) bond motifs is 1. The summed E-state index contributed by atoms with van der Waals surface area (Å²) in [7, 11) is 0. The topological polar surface area (TPSA) is 120 Å². The van der Waals surface area contributed by atoms with Gasteiger partial charge in [0.05, 0.1) is 6.04 Å². The van der Waals surface area contributed by atoms with Crippen molar-refractivity contribution in [3.63, 3.8) is 0 Å². The molecule has 2 heterocycles. The lowest BCUT2D eigenvalue weighted by Crippen LogP contribution is -2.51. The zero-order chi connectivity index (χ0) is 25.4. The van der Waals surface area contributed by atoms with Crippen molar-refractivity contribution in [1.29, 1.82) is 0 Å². The minimum absolute atomic E-state index is 0.0575. The number of amides is 3. The molecular weight excluding hydrogens is 444 g/mol. The Hall–Kier alpha value is -3.16. The zero-order valence-electron chi connectivity index (χ0n) is 21.0. The molecule has 1 saturated carbocycles. The second-order valence-electron chi connectivity index (χ2n) is 9.62. The minimum atomic E-state index is -0.750. The second kappa shape index (κ2) is 12.5. The highest BCUT2D eigenvalue weighted by Gasteiger charge is 2.39. The zero-order valence-corrected chi connectivity index (χ0v) is 21.0. The van der Waals surface area contributed by atoms with Gasteiger partial charge in [0.2, 0.25) is 11.8 Å². The van der Waals surface area contributed by atoms with E-state index < -0.39 is 12.1 Å². The van der Waals surface area contributed by atoms with Gasteiger partial charge in [0.25, 0.3) is 5.91 Å². The Morgan fingerprint density at radius 3 is 2.43 bits per heavy atom. The van der Waals surface area contributed by atoms with Gasteiger partial charge >= 0.3 is 0 Å². The van der Waals surface area contributed by atoms with Crippen molar-refractivity contribution in [1.82, 2.24) is 20.9 Å². The van der Waals surface area contributed by atoms with Crippen LogP contribution in [0.15, 0.2) is 24.3 Å². The third-order valence-electron chi connectivity index (χ3n) is 6.69. The van der Waals surface area contributed by atoms with E-state index in [-0.39, 0.29) is 36.0 Å². The average Bonchev–Trinajstić information content (AvgIpc) is 3.45. The monoisotopic (exact) mass is 482 g/mol. The summed E-state index contributed by atoms with van der Waals surface area (Å²) >= 11 is 0. The first kappa shape index (κ1) is 26.4. The number of aldehydes is 1. The number of benzene rings is 1. The minimum Gasteiger partial charge on any atom is -0.356 e. The summed E-state index contributed by atoms with van der Waals surface area (Å²) in [5.41, 5.74) is 2.32. The van der Waals surface area contributed by atoms with Gasteiger partial charge in [-0.1, -0.05) is 45.2 Å². The van der Waals surface area contributed by atoms with Crippen molar-refractivity contribution in [3.8, 4) is 0 Å². The maximum absolute atomic E-state index is 12.8. The van der Waals surface area contributed by atoms with Crippen molar-refractivity contribution in [2.45, 2.75) is 77.8 Å². The van der Waals surface area contributed by atoms with Crippen LogP contribution < -0.4 is 16.0 Å². The molecule has 0 radical (unpaired) electrons. The van der Waals surface area contributed by atoms with E-state index in [1.165, 1.54) is 19.3 Å². The molecule has 35 heavy (non-hydrogen) atoms. The first-order valence-corrected chi connectivity index (χ1v) is 12.8. The Bertz CT molecular complexity index is 1040. The molecule has 190 valence electrons. The number of aromatic amines is 1. The number of carbonyl (C=O) groups is 4. The van der Waals surface area contributed by atoms with E-state index in [1.54, 1.807) is 6.07 Å². The number of rotatable bonds is 10. The molecule has 2 fully saturated rings. The average molecular weight is 483 g/mol. The normalized spacial score (nSPS) is 18.7. The third-order valence-corrected chi connectivity index (χ3v) is 6.69. The molecule has 4 N–H and O–H groups in total. The molecule has 0 bridgehead atoms. The van der Waals surface area contributed by atoms with Gasteiger partial charge in [0.15, 0.2) is 0 Å². The van der Waals surface area contributed by atoms with E-state index in [2.05, 4.69) is 34.8 Å². The molecule has 4 rings (SSSR count). The SMILES string of the molecule is CCCCC.Cc1cccc2[nH]c(C(=O)N[C@H](C(=O)N[C@H](C=O)C[C@@H]3CCNC3=O)C3CC3)cc12. The van der Waals surface area contributed by atoms with Crippen molar-refractivity contribution in [2.75, 3.05) is 6.54 Å². The van der Waals surface area contributed by atoms with E-state index in [1.807, 2.05) is 25.1 Å². The summed E-state index contributed by atoms with van der Waals surface area (Å²) in [6, 6.07) is 6.13. The molecule has 1 aromatic heterocycles. The van der Waals surface area contributed by atoms with Gasteiger partial charge in [-0.25, -0.2) is 0 Å². The smallest absolute Gasteiger partial charge is 0.268 e. The van der Waals surface area contributed by atoms with Gasteiger partial charge in [-0.2, -0.15) is 0 Å². The van der Waals surface area contributed by atoms with Gasteiger partial charge in [-0.15, -0.1) is 0 Å². The highest BCUT2D eigenvalue weighted by molar-refractivity contribution is 6.01. The summed E-state index contributed by atoms with van der Waals surface area (Å²) in [6.07, 6.45) is 7.36. The molecule has 0 spiro atoms. The van der Waals surface area contributed by atoms with Crippen LogP contribution in [0.3, 0.4) is 0 Å². The number of aryl methyl sites for hydroxylation is 1. The maximum Gasteiger partial charge on any atom is 0.268 e. The molecule has 3 amide bonds. The predicted octanol–water partition coefficient (Wildman–Crippen LogP) is 3.39. The molecule has 0 unspecified atom stereocenters. The summed E-state index contributed by atoms with van der Waals surface area (Å²) in [5.74, 6) is -1.03. The number of hydrogen-bond acceptors (Lipinski definition) is 4. The number of unbranched alkanes of at least 4 members (excludes halogenated alkanes) is 2. The van der Waals surface area contributed by atoms with Crippen LogP contribution in [0.4, 0.5) is 0 Å². The summed E-state index contributed by atoms with van der Waals surface area (Å²) < 4.78 is 0. The molecule has 2 aliphatic rings. The fourth-order valence-electron chi connectivity index (χ4n) is 4.43. The highest BCUT2D eigenvalue weighted by atomic mass is 16.2. The summed E-state index contributed by atoms with van der Waals surface area (Å²) in [4.78, 5) is 52.0. The Labute approximate surface area is 207 Å². The van der Waals surface area contributed by atoms with E-state index in [4.69, 9.17) is 0 Å². The molecule has 1 saturated heterocycles. The number of aromatic nitrogens is 1. The Morgan fingerprint density at radius 2 is 1.89 bits per heavy atom. The first-order chi connectivity index (χ1) is 16.9. The van der Waals surface area contributed by atoms with Crippen LogP contribution in [-0.2, 0) is 14.4 Å². The van der Waals surface area contributed by atoms with E-state index >= 15 is 0 Å². The van der Waals surface area contributed by atoms with Gasteiger partial charge in [-0.05, 0) is 56.2 Å². The molecular formula is C27H38N4O4. The van der Waals surface area contributed by atoms with Gasteiger partial charge < -0.3 is 25.7 Å². The van der Waals surface area contributed by atoms with Crippen LogP contribution in [-0.4, -0.2) is 47.6 Å². The molecule has 2 aromatic rings. The van der Waals surface area contributed by atoms with Crippen LogP contribution in [0, 0.1) is 18.8 Å². The first-order valence-electron chi connectivity index (χ1n) is 12.8. The van der Waals surface area contributed by atoms with Gasteiger partial charge in [0.1, 0.15) is 18.0 Å². The number of hydrogen-bond donors (Lipinski definition) is 4. The Balaban J connectivity index is 0.000000623. The van der Waals surface area contributed by atoms with Crippen molar-refractivity contribution in [3.05, 3.63) is 35.5 Å². The molecule has 1 aliphatic carbocycles. The van der Waals surface area contributed by atoms with Crippen LogP contribution in [0.25, 0.3) is 10.9 Å². The van der Waals surface area contributed by atoms with Crippen LogP contribution in [0.1, 0.15) is 74.8 Å². The standard InChI is InChI=1S/C22H26N4O4.C5H12/c1-12-3-2-4-17-16(12)10-18(25-17)21(29)26-19(13-5-6-13)22(30)24-15(11-27)9-14-7-8-23-20(14)28;1-3-5-4-2/h2-4,10-11,13-15,19,25H,5-9H2,1H3,(H,23,28)(H,24,30)(H,26,29);3-5H2,1-2H3/t14-,15-,19-;/m0./s1. The Kier molecular flexibility index (Phi) is 9.46. The van der Waals surface area contributed by atoms with Crippen LogP contribution >= 0.6 is 0 Å². The fourth-order valence-corrected chi connectivity index (χ4v) is 4.43. The quantitative estimate of drug-likeness (QED) is 0.388. The van der Waals surface area contributed by atoms with E-state index in [0.717, 1.165) is 29.3 Å². The molecule has 8 heteroatoms. The van der Waals surface area contributed by atoms with E-state index in [9.17, 15) is 19.2 Å². The van der Waals surface area contributed by atoms with Crippen molar-refractivity contribution in [2.24, 2.45) is 11.8 Å². The lowest BCUT2D eigenvalue weighted by molar-refractivity contribution is -0.127. The molecule has 1 aromatic carbocycles. The second-order valence-corrected chi connectivity index (χ2v) is 9.62. The largest absolute Gasteiger partial charge is 0.356 e. The summed E-state index contributed by atoms with van der Waals surface area (Å²) in [6.45, 7) is 6.99. The van der Waals surface area contributed by atoms with Crippen molar-refractivity contribution >= 4 is 34.9 Å². The van der Waals surface area contributed by atoms with Gasteiger partial charge in [-0.3, -0.25) is 14.4 Å². The lowest BCUT2D eigenvalue weighted by atomic mass is 9.98. The predicted molar refractivity (Wildman–Crippen MR) is 136 cm³/mol. The lowest BCUT2D eigenvalue weighted by Gasteiger charge is -2.21. The Morgan fingerprint density at radius 1 is 1.14 bits per heavy atom. The third kappa shape index (κ3) is 7.16. The molecule has 1 aliphatic heterocycles. The van der Waals surface area contributed by atoms with Gasteiger partial charge in [0, 0.05) is 23.4 Å². The van der Waals surface area contributed by atoms with Crippen molar-refractivity contribution < 1.29 is 19.2 Å². The van der Waals surface area contributed by atoms with Crippen LogP contribution in [0.5, 0.6) is 0 Å². The maximum atomic E-state index is 12.8. The molecule has 3 atom stereocenters. The number of H-pyrrole nitrogens is 1. The number of carbonyl (C=O) groups excluding carboxylic acids is 4.